The molecule has 0 saturated carbocycles. The minimum absolute atomic E-state index is 0.0308. The lowest BCUT2D eigenvalue weighted by Gasteiger charge is -2.15. The first-order valence-corrected chi connectivity index (χ1v) is 11.7. The highest BCUT2D eigenvalue weighted by Gasteiger charge is 2.26. The normalized spacial score (nSPS) is 11.5. The smallest absolute Gasteiger partial charge is 0.325 e. The number of rotatable bonds is 5. The number of para-hydroxylation sites is 1. The average molecular weight is 504 g/mol. The van der Waals surface area contributed by atoms with Crippen molar-refractivity contribution in [1.29, 1.82) is 0 Å². The van der Waals surface area contributed by atoms with Crippen LogP contribution in [0.15, 0.2) is 87.3 Å². The maximum atomic E-state index is 13.3. The number of nitrogens with zero attached hydrogens (tertiary/aromatic N) is 2. The first kappa shape index (κ1) is 22.8. The van der Waals surface area contributed by atoms with Gasteiger partial charge in [-0.2, -0.15) is 0 Å². The maximum Gasteiger partial charge on any atom is 0.346 e. The molecule has 4 rings (SSSR count). The molecule has 0 bridgehead atoms. The van der Waals surface area contributed by atoms with E-state index in [2.05, 4.69) is 5.32 Å². The molecule has 1 amide bonds. The van der Waals surface area contributed by atoms with Gasteiger partial charge in [0, 0.05) is 15.7 Å². The molecule has 0 aliphatic heterocycles. The molecular formula is C22H15Cl2N3O5S. The van der Waals surface area contributed by atoms with Crippen LogP contribution in [0.25, 0.3) is 10.9 Å². The summed E-state index contributed by atoms with van der Waals surface area (Å²) < 4.78 is 27.5. The number of aromatic nitrogens is 2. The summed E-state index contributed by atoms with van der Waals surface area (Å²) in [5.41, 5.74) is -1.74. The zero-order valence-corrected chi connectivity index (χ0v) is 19.1. The number of amides is 1. The molecule has 1 heterocycles. The quantitative estimate of drug-likeness (QED) is 0.449. The fourth-order valence-electron chi connectivity index (χ4n) is 3.26. The van der Waals surface area contributed by atoms with E-state index in [1.165, 1.54) is 42.5 Å². The summed E-state index contributed by atoms with van der Waals surface area (Å²) >= 11 is 11.9. The number of carbonyl (C=O) groups is 1. The number of anilines is 1. The van der Waals surface area contributed by atoms with Crippen molar-refractivity contribution in [2.24, 2.45) is 0 Å². The van der Waals surface area contributed by atoms with Gasteiger partial charge in [0.05, 0.1) is 15.8 Å². The Morgan fingerprint density at radius 3 is 2.18 bits per heavy atom. The van der Waals surface area contributed by atoms with Crippen LogP contribution < -0.4 is 16.6 Å². The van der Waals surface area contributed by atoms with Gasteiger partial charge in [0.2, 0.25) is 5.91 Å². The Labute approximate surface area is 197 Å². The van der Waals surface area contributed by atoms with Crippen molar-refractivity contribution in [3.05, 3.63) is 104 Å². The molecule has 8 nitrogen and oxygen atoms in total. The van der Waals surface area contributed by atoms with Crippen LogP contribution in [-0.4, -0.2) is 22.9 Å². The van der Waals surface area contributed by atoms with Gasteiger partial charge in [-0.05, 0) is 54.6 Å². The van der Waals surface area contributed by atoms with E-state index < -0.39 is 33.7 Å². The van der Waals surface area contributed by atoms with Crippen LogP contribution in [0.1, 0.15) is 0 Å². The Morgan fingerprint density at radius 2 is 1.52 bits per heavy atom. The minimum Gasteiger partial charge on any atom is -0.325 e. The third-order valence-corrected chi connectivity index (χ3v) is 6.94. The number of hydrogen-bond acceptors (Lipinski definition) is 5. The third kappa shape index (κ3) is 4.43. The molecule has 1 aromatic heterocycles. The van der Waals surface area contributed by atoms with Gasteiger partial charge in [0.15, 0.2) is 0 Å². The molecule has 0 unspecified atom stereocenters. The summed E-state index contributed by atoms with van der Waals surface area (Å²) in [6.45, 7) is -0.555. The van der Waals surface area contributed by atoms with Crippen LogP contribution in [0.2, 0.25) is 10.0 Å². The molecule has 0 aliphatic carbocycles. The lowest BCUT2D eigenvalue weighted by atomic mass is 10.2. The maximum absolute atomic E-state index is 13.3. The number of hydrogen-bond donors (Lipinski definition) is 1. The van der Waals surface area contributed by atoms with E-state index in [1.807, 2.05) is 0 Å². The lowest BCUT2D eigenvalue weighted by molar-refractivity contribution is -0.116. The van der Waals surface area contributed by atoms with Crippen molar-refractivity contribution in [2.45, 2.75) is 11.4 Å². The molecule has 0 fully saturated rings. The zero-order valence-electron chi connectivity index (χ0n) is 16.7. The summed E-state index contributed by atoms with van der Waals surface area (Å²) in [6, 6.07) is 17.6. The van der Waals surface area contributed by atoms with Crippen LogP contribution in [0.3, 0.4) is 0 Å². The molecule has 0 saturated heterocycles. The van der Waals surface area contributed by atoms with Gasteiger partial charge in [-0.3, -0.25) is 14.2 Å². The average Bonchev–Trinajstić information content (AvgIpc) is 2.77. The van der Waals surface area contributed by atoms with Crippen molar-refractivity contribution in [3.63, 3.8) is 0 Å². The van der Waals surface area contributed by atoms with Crippen LogP contribution in [0.5, 0.6) is 0 Å². The first-order chi connectivity index (χ1) is 15.7. The van der Waals surface area contributed by atoms with E-state index in [9.17, 15) is 22.8 Å². The molecule has 0 spiro atoms. The van der Waals surface area contributed by atoms with Gasteiger partial charge in [-0.25, -0.2) is 13.2 Å². The molecule has 168 valence electrons. The van der Waals surface area contributed by atoms with Crippen molar-refractivity contribution in [2.75, 3.05) is 5.32 Å². The first-order valence-electron chi connectivity index (χ1n) is 9.49. The molecule has 3 aromatic carbocycles. The van der Waals surface area contributed by atoms with E-state index >= 15 is 0 Å². The van der Waals surface area contributed by atoms with Crippen LogP contribution in [0.4, 0.5) is 5.69 Å². The second-order valence-corrected chi connectivity index (χ2v) is 9.63. The molecule has 33 heavy (non-hydrogen) atoms. The molecule has 0 atom stereocenters. The summed E-state index contributed by atoms with van der Waals surface area (Å²) in [7, 11) is -4.59. The summed E-state index contributed by atoms with van der Waals surface area (Å²) in [4.78, 5) is 38.7. The number of halogens is 2. The molecule has 4 aromatic rings. The highest BCUT2D eigenvalue weighted by Crippen LogP contribution is 2.19. The number of fused-ring (bicyclic) bond motifs is 1. The lowest BCUT2D eigenvalue weighted by Crippen LogP contribution is -2.45. The molecule has 0 radical (unpaired) electrons. The topological polar surface area (TPSA) is 107 Å². The minimum atomic E-state index is -4.59. The molecule has 11 heteroatoms. The molecular weight excluding hydrogens is 489 g/mol. The van der Waals surface area contributed by atoms with Crippen molar-refractivity contribution >= 4 is 55.7 Å². The van der Waals surface area contributed by atoms with Gasteiger partial charge >= 0.3 is 5.69 Å². The Balaban J connectivity index is 1.92. The van der Waals surface area contributed by atoms with Crippen molar-refractivity contribution in [1.82, 2.24) is 8.54 Å². The third-order valence-electron chi connectivity index (χ3n) is 4.78. The Hall–Kier alpha value is -3.40. The van der Waals surface area contributed by atoms with Crippen LogP contribution >= 0.6 is 23.2 Å². The van der Waals surface area contributed by atoms with Gasteiger partial charge in [0.25, 0.3) is 15.6 Å². The summed E-state index contributed by atoms with van der Waals surface area (Å²) in [6.07, 6.45) is 0. The van der Waals surface area contributed by atoms with Crippen LogP contribution in [0, 0.1) is 0 Å². The SMILES string of the molecule is O=C(Cn1c(=O)n(S(=O)(=O)c2ccc(Cl)cc2)c(=O)c2ccc(Cl)cc21)Nc1ccccc1. The van der Waals surface area contributed by atoms with Gasteiger partial charge in [-0.15, -0.1) is 3.97 Å². The van der Waals surface area contributed by atoms with Crippen molar-refractivity contribution < 1.29 is 13.2 Å². The summed E-state index contributed by atoms with van der Waals surface area (Å²) in [5, 5.41) is 3.02. The fourth-order valence-corrected chi connectivity index (χ4v) is 4.86. The van der Waals surface area contributed by atoms with E-state index in [4.69, 9.17) is 23.2 Å². The number of carbonyl (C=O) groups excluding carboxylic acids is 1. The predicted molar refractivity (Wildman–Crippen MR) is 127 cm³/mol. The highest BCUT2D eigenvalue weighted by molar-refractivity contribution is 7.90. The van der Waals surface area contributed by atoms with Gasteiger partial charge < -0.3 is 5.32 Å². The Morgan fingerprint density at radius 1 is 0.879 bits per heavy atom. The van der Waals surface area contributed by atoms with Crippen LogP contribution in [-0.2, 0) is 21.4 Å². The Bertz CT molecular complexity index is 1600. The zero-order chi connectivity index (χ0) is 23.8. The van der Waals surface area contributed by atoms with E-state index in [1.54, 1.807) is 30.3 Å². The monoisotopic (exact) mass is 503 g/mol. The van der Waals surface area contributed by atoms with Gasteiger partial charge in [-0.1, -0.05) is 41.4 Å². The largest absolute Gasteiger partial charge is 0.346 e. The van der Waals surface area contributed by atoms with Gasteiger partial charge in [0.1, 0.15) is 6.54 Å². The number of nitrogens with one attached hydrogen (secondary N) is 1. The summed E-state index contributed by atoms with van der Waals surface area (Å²) in [5.74, 6) is -0.598. The highest BCUT2D eigenvalue weighted by atomic mass is 35.5. The Kier molecular flexibility index (Phi) is 6.11. The van der Waals surface area contributed by atoms with E-state index in [0.29, 0.717) is 5.69 Å². The second-order valence-electron chi connectivity index (χ2n) is 6.97. The molecule has 0 aliphatic rings. The predicted octanol–water partition coefficient (Wildman–Crippen LogP) is 3.35. The molecule has 1 N–H and O–H groups in total. The second kappa shape index (κ2) is 8.86. The van der Waals surface area contributed by atoms with Crippen molar-refractivity contribution in [3.8, 4) is 0 Å². The number of benzene rings is 3. The van der Waals surface area contributed by atoms with E-state index in [-0.39, 0.29) is 29.8 Å². The standard InChI is InChI=1S/C22H15Cl2N3O5S/c23-14-6-9-17(10-7-14)33(31,32)27-21(29)18-11-8-15(24)12-19(18)26(22(27)30)13-20(28)25-16-4-2-1-3-5-16/h1-12H,13H2,(H,25,28). The van der Waals surface area contributed by atoms with E-state index in [0.717, 1.165) is 4.57 Å². The fraction of sp³-hybridized carbons (Fsp3) is 0.0455.